The van der Waals surface area contributed by atoms with Gasteiger partial charge in [-0.2, -0.15) is 0 Å². The van der Waals surface area contributed by atoms with Crippen LogP contribution in [0.3, 0.4) is 0 Å². The van der Waals surface area contributed by atoms with Gasteiger partial charge in [0.15, 0.2) is 0 Å². The van der Waals surface area contributed by atoms with Crippen LogP contribution in [-0.4, -0.2) is 36.1 Å². The van der Waals surface area contributed by atoms with E-state index < -0.39 is 0 Å². The van der Waals surface area contributed by atoms with Crippen LogP contribution in [-0.2, 0) is 17.6 Å². The summed E-state index contributed by atoms with van der Waals surface area (Å²) >= 11 is 0. The fourth-order valence-corrected chi connectivity index (χ4v) is 3.45. The van der Waals surface area contributed by atoms with Crippen LogP contribution in [0.15, 0.2) is 48.5 Å². The van der Waals surface area contributed by atoms with E-state index in [0.29, 0.717) is 37.6 Å². The van der Waals surface area contributed by atoms with Crippen molar-refractivity contribution in [1.29, 1.82) is 0 Å². The highest BCUT2D eigenvalue weighted by Gasteiger charge is 2.20. The summed E-state index contributed by atoms with van der Waals surface area (Å²) in [6, 6.07) is 15.7. The van der Waals surface area contributed by atoms with E-state index in [4.69, 9.17) is 9.47 Å². The van der Waals surface area contributed by atoms with Gasteiger partial charge < -0.3 is 14.8 Å². The van der Waals surface area contributed by atoms with Gasteiger partial charge in [0.25, 0.3) is 0 Å². The van der Waals surface area contributed by atoms with Crippen molar-refractivity contribution in [2.45, 2.75) is 19.3 Å². The van der Waals surface area contributed by atoms with Crippen LogP contribution in [0.2, 0.25) is 0 Å². The fourth-order valence-electron chi connectivity index (χ4n) is 3.45. The Morgan fingerprint density at radius 3 is 2.71 bits per heavy atom. The van der Waals surface area contributed by atoms with E-state index in [0.717, 1.165) is 23.2 Å². The number of amides is 1. The number of methoxy groups -OCH3 is 1. The number of hydrogen-bond acceptors (Lipinski definition) is 5. The van der Waals surface area contributed by atoms with Crippen molar-refractivity contribution < 1.29 is 14.3 Å². The summed E-state index contributed by atoms with van der Waals surface area (Å²) < 4.78 is 11.1. The molecule has 0 radical (unpaired) electrons. The number of fused-ring (bicyclic) bond motifs is 2. The maximum absolute atomic E-state index is 12.3. The van der Waals surface area contributed by atoms with Crippen molar-refractivity contribution in [1.82, 2.24) is 15.3 Å². The Labute approximate surface area is 163 Å². The first-order valence-electron chi connectivity index (χ1n) is 9.50. The van der Waals surface area contributed by atoms with Gasteiger partial charge in [-0.15, -0.1) is 0 Å². The molecule has 0 bridgehead atoms. The molecule has 0 spiro atoms. The van der Waals surface area contributed by atoms with E-state index in [1.54, 1.807) is 7.11 Å². The molecule has 0 aliphatic carbocycles. The number of aryl methyl sites for hydroxylation is 1. The highest BCUT2D eigenvalue weighted by molar-refractivity contribution is 5.77. The first-order valence-corrected chi connectivity index (χ1v) is 9.50. The summed E-state index contributed by atoms with van der Waals surface area (Å²) in [5, 5.41) is 3.02. The van der Waals surface area contributed by atoms with Gasteiger partial charge in [-0.05, 0) is 30.2 Å². The molecule has 1 aliphatic heterocycles. The molecule has 2 aromatic carbocycles. The third kappa shape index (κ3) is 4.06. The molecular formula is C22H23N3O3. The van der Waals surface area contributed by atoms with Crippen LogP contribution in [0.4, 0.5) is 0 Å². The maximum atomic E-state index is 12.3. The summed E-state index contributed by atoms with van der Waals surface area (Å²) in [6.45, 7) is 1.23. The highest BCUT2D eigenvalue weighted by Crippen LogP contribution is 2.26. The second-order valence-corrected chi connectivity index (χ2v) is 6.96. The monoisotopic (exact) mass is 377 g/mol. The molecule has 1 N–H and O–H groups in total. The number of carbonyl (C=O) groups excluding carboxylic acids is 1. The molecule has 0 saturated heterocycles. The number of rotatable bonds is 6. The number of aromatic nitrogens is 2. The summed E-state index contributed by atoms with van der Waals surface area (Å²) in [5.74, 6) is 1.71. The van der Waals surface area contributed by atoms with Gasteiger partial charge in [-0.25, -0.2) is 9.97 Å². The zero-order valence-corrected chi connectivity index (χ0v) is 15.9. The zero-order chi connectivity index (χ0) is 19.3. The van der Waals surface area contributed by atoms with Gasteiger partial charge in [0.1, 0.15) is 11.4 Å². The lowest BCUT2D eigenvalue weighted by Gasteiger charge is -2.25. The Kier molecular flexibility index (Phi) is 5.37. The molecule has 3 aromatic rings. The second kappa shape index (κ2) is 8.25. The van der Waals surface area contributed by atoms with Crippen LogP contribution in [0, 0.1) is 5.92 Å². The van der Waals surface area contributed by atoms with Gasteiger partial charge in [-0.3, -0.25) is 4.79 Å². The fraction of sp³-hybridized carbons (Fsp3) is 0.318. The molecule has 1 aliphatic rings. The highest BCUT2D eigenvalue weighted by atomic mass is 16.5. The van der Waals surface area contributed by atoms with Crippen LogP contribution >= 0.6 is 0 Å². The normalized spacial score (nSPS) is 15.5. The zero-order valence-electron chi connectivity index (χ0n) is 15.9. The van der Waals surface area contributed by atoms with E-state index in [1.807, 2.05) is 42.5 Å². The summed E-state index contributed by atoms with van der Waals surface area (Å²) in [7, 11) is 1.57. The largest absolute Gasteiger partial charge is 0.493 e. The number of nitrogens with zero attached hydrogens (tertiary/aromatic N) is 2. The number of para-hydroxylation sites is 3. The molecule has 1 amide bonds. The molecule has 144 valence electrons. The van der Waals surface area contributed by atoms with Crippen LogP contribution in [0.5, 0.6) is 11.6 Å². The SMILES string of the molecule is COc1nc2ccccc2nc1CCC(=O)NC[C@H]1COc2ccccc2C1. The van der Waals surface area contributed by atoms with Crippen molar-refractivity contribution in [3.05, 3.63) is 59.8 Å². The minimum Gasteiger partial charge on any atom is -0.493 e. The maximum Gasteiger partial charge on any atom is 0.235 e. The number of benzene rings is 2. The lowest BCUT2D eigenvalue weighted by molar-refractivity contribution is -0.121. The Hall–Kier alpha value is -3.15. The second-order valence-electron chi connectivity index (χ2n) is 6.96. The summed E-state index contributed by atoms with van der Waals surface area (Å²) in [6.07, 6.45) is 1.74. The van der Waals surface area contributed by atoms with Crippen molar-refractivity contribution in [2.75, 3.05) is 20.3 Å². The van der Waals surface area contributed by atoms with Gasteiger partial charge >= 0.3 is 0 Å². The first-order chi connectivity index (χ1) is 13.7. The van der Waals surface area contributed by atoms with Crippen molar-refractivity contribution in [3.63, 3.8) is 0 Å². The molecule has 2 heterocycles. The molecule has 4 rings (SSSR count). The van der Waals surface area contributed by atoms with Crippen LogP contribution < -0.4 is 14.8 Å². The Bertz CT molecular complexity index is 990. The molecular weight excluding hydrogens is 354 g/mol. The van der Waals surface area contributed by atoms with E-state index >= 15 is 0 Å². The molecule has 6 nitrogen and oxygen atoms in total. The third-order valence-electron chi connectivity index (χ3n) is 4.93. The Balaban J connectivity index is 1.32. The lowest BCUT2D eigenvalue weighted by atomic mass is 9.97. The lowest BCUT2D eigenvalue weighted by Crippen LogP contribution is -2.34. The molecule has 1 aromatic heterocycles. The Morgan fingerprint density at radius 1 is 1.14 bits per heavy atom. The van der Waals surface area contributed by atoms with Crippen molar-refractivity contribution >= 4 is 16.9 Å². The number of nitrogens with one attached hydrogen (secondary N) is 1. The van der Waals surface area contributed by atoms with E-state index in [-0.39, 0.29) is 11.8 Å². The quantitative estimate of drug-likeness (QED) is 0.715. The predicted octanol–water partition coefficient (Wildman–Crippen LogP) is 2.94. The van der Waals surface area contributed by atoms with Crippen LogP contribution in [0.1, 0.15) is 17.7 Å². The molecule has 0 unspecified atom stereocenters. The minimum atomic E-state index is -0.00382. The predicted molar refractivity (Wildman–Crippen MR) is 107 cm³/mol. The van der Waals surface area contributed by atoms with Crippen molar-refractivity contribution in [2.24, 2.45) is 5.92 Å². The average molecular weight is 377 g/mol. The van der Waals surface area contributed by atoms with Gasteiger partial charge in [0.05, 0.1) is 24.8 Å². The van der Waals surface area contributed by atoms with E-state index in [2.05, 4.69) is 21.4 Å². The smallest absolute Gasteiger partial charge is 0.235 e. The van der Waals surface area contributed by atoms with E-state index in [9.17, 15) is 4.79 Å². The molecule has 28 heavy (non-hydrogen) atoms. The standard InChI is InChI=1S/C22H23N3O3/c1-27-22-19(24-17-7-3-4-8-18(17)25-22)10-11-21(26)23-13-15-12-16-6-2-5-9-20(16)28-14-15/h2-9,15H,10-14H2,1H3,(H,23,26)/t15-/m0/s1. The van der Waals surface area contributed by atoms with Gasteiger partial charge in [0, 0.05) is 25.3 Å². The Morgan fingerprint density at radius 2 is 1.89 bits per heavy atom. The first kappa shape index (κ1) is 18.2. The number of hydrogen-bond donors (Lipinski definition) is 1. The van der Waals surface area contributed by atoms with Crippen LogP contribution in [0.25, 0.3) is 11.0 Å². The average Bonchev–Trinajstić information content (AvgIpc) is 2.75. The number of carbonyl (C=O) groups is 1. The van der Waals surface area contributed by atoms with Crippen molar-refractivity contribution in [3.8, 4) is 11.6 Å². The van der Waals surface area contributed by atoms with E-state index in [1.165, 1.54) is 5.56 Å². The molecule has 0 fully saturated rings. The summed E-state index contributed by atoms with van der Waals surface area (Å²) in [4.78, 5) is 21.4. The minimum absolute atomic E-state index is 0.00382. The topological polar surface area (TPSA) is 73.3 Å². The number of ether oxygens (including phenoxy) is 2. The molecule has 0 saturated carbocycles. The van der Waals surface area contributed by atoms with Gasteiger partial charge in [0.2, 0.25) is 11.8 Å². The molecule has 1 atom stereocenters. The molecule has 6 heteroatoms. The van der Waals surface area contributed by atoms with Gasteiger partial charge in [-0.1, -0.05) is 30.3 Å². The third-order valence-corrected chi connectivity index (χ3v) is 4.93. The summed E-state index contributed by atoms with van der Waals surface area (Å²) in [5.41, 5.74) is 3.48.